The first kappa shape index (κ1) is 8.97. The van der Waals surface area contributed by atoms with E-state index in [-0.39, 0.29) is 5.57 Å². The zero-order chi connectivity index (χ0) is 8.31. The summed E-state index contributed by atoms with van der Waals surface area (Å²) in [5.74, 6) is -2.76. The average molecular weight is 165 g/mol. The number of rotatable bonds is 2. The van der Waals surface area contributed by atoms with Crippen LogP contribution in [-0.2, 0) is 9.59 Å². The summed E-state index contributed by atoms with van der Waals surface area (Å²) in [4.78, 5) is 20.0. The lowest BCUT2D eigenvalue weighted by molar-refractivity contribution is -0.135. The molecule has 0 atom stereocenters. The van der Waals surface area contributed by atoms with E-state index >= 15 is 0 Å². The van der Waals surface area contributed by atoms with Crippen LogP contribution in [0.3, 0.4) is 0 Å². The predicted molar refractivity (Wildman–Crippen MR) is 33.8 cm³/mol. The summed E-state index contributed by atoms with van der Waals surface area (Å²) in [5.41, 5.74) is -0.367. The van der Waals surface area contributed by atoms with Gasteiger partial charge < -0.3 is 10.2 Å². The maximum atomic E-state index is 10.0. The van der Waals surface area contributed by atoms with E-state index in [9.17, 15) is 9.59 Å². The smallest absolute Gasteiger partial charge is 0.347 e. The number of aliphatic carboxylic acids is 2. The van der Waals surface area contributed by atoms with Crippen molar-refractivity contribution < 1.29 is 19.8 Å². The lowest BCUT2D eigenvalue weighted by Gasteiger charge is -1.93. The van der Waals surface area contributed by atoms with Crippen molar-refractivity contribution in [3.8, 4) is 0 Å². The van der Waals surface area contributed by atoms with Crippen LogP contribution in [0.15, 0.2) is 10.6 Å². The first-order chi connectivity index (χ1) is 4.46. The number of carboxylic acids is 2. The molecule has 0 unspecified atom stereocenters. The van der Waals surface area contributed by atoms with Crippen molar-refractivity contribution >= 4 is 23.5 Å². The molecule has 0 spiro atoms. The second kappa shape index (κ2) is 3.22. The summed E-state index contributed by atoms with van der Waals surface area (Å²) in [6, 6.07) is 0. The minimum absolute atomic E-state index is 0.367. The minimum Gasteiger partial charge on any atom is -0.478 e. The van der Waals surface area contributed by atoms with Crippen LogP contribution < -0.4 is 0 Å². The van der Waals surface area contributed by atoms with Crippen LogP contribution in [0.4, 0.5) is 0 Å². The molecule has 0 aromatic rings. The van der Waals surface area contributed by atoms with Crippen LogP contribution >= 0.6 is 11.6 Å². The molecule has 10 heavy (non-hydrogen) atoms. The van der Waals surface area contributed by atoms with Crippen molar-refractivity contribution in [2.24, 2.45) is 0 Å². The Morgan fingerprint density at radius 2 is 1.60 bits per heavy atom. The van der Waals surface area contributed by atoms with Gasteiger partial charge in [-0.2, -0.15) is 0 Å². The highest BCUT2D eigenvalue weighted by Crippen LogP contribution is 2.08. The molecular formula is C5H5ClO4. The average Bonchev–Trinajstić information content (AvgIpc) is 1.84. The molecule has 4 nitrogen and oxygen atoms in total. The lowest BCUT2D eigenvalue weighted by atomic mass is 10.3. The molecule has 0 heterocycles. The van der Waals surface area contributed by atoms with Crippen LogP contribution in [0.5, 0.6) is 0 Å². The van der Waals surface area contributed by atoms with Gasteiger partial charge in [-0.1, -0.05) is 11.6 Å². The van der Waals surface area contributed by atoms with Crippen molar-refractivity contribution in [3.63, 3.8) is 0 Å². The maximum absolute atomic E-state index is 10.0. The van der Waals surface area contributed by atoms with Crippen LogP contribution in [-0.4, -0.2) is 22.2 Å². The number of hydrogen-bond donors (Lipinski definition) is 2. The van der Waals surface area contributed by atoms with Crippen molar-refractivity contribution in [1.82, 2.24) is 0 Å². The molecule has 56 valence electrons. The third-order valence-corrected chi connectivity index (χ3v) is 1.28. The molecule has 2 N–H and O–H groups in total. The van der Waals surface area contributed by atoms with E-state index in [1.807, 2.05) is 0 Å². The molecule has 0 amide bonds. The Kier molecular flexibility index (Phi) is 2.89. The van der Waals surface area contributed by atoms with E-state index < -0.39 is 17.0 Å². The summed E-state index contributed by atoms with van der Waals surface area (Å²) in [5, 5.41) is 15.7. The highest BCUT2D eigenvalue weighted by atomic mass is 35.5. The Hall–Kier alpha value is -1.03. The normalized spacial score (nSPS) is 12.2. The van der Waals surface area contributed by atoms with E-state index in [0.29, 0.717) is 0 Å². The van der Waals surface area contributed by atoms with Gasteiger partial charge in [-0.3, -0.25) is 0 Å². The van der Waals surface area contributed by atoms with Crippen LogP contribution in [0.2, 0.25) is 0 Å². The third kappa shape index (κ3) is 2.06. The highest BCUT2D eigenvalue weighted by Gasteiger charge is 2.12. The summed E-state index contributed by atoms with van der Waals surface area (Å²) >= 11 is 5.06. The van der Waals surface area contributed by atoms with Gasteiger partial charge in [0.1, 0.15) is 5.03 Å². The van der Waals surface area contributed by atoms with Crippen molar-refractivity contribution in [2.45, 2.75) is 6.92 Å². The zero-order valence-electron chi connectivity index (χ0n) is 5.09. The van der Waals surface area contributed by atoms with E-state index in [0.717, 1.165) is 6.92 Å². The quantitative estimate of drug-likeness (QED) is 0.589. The van der Waals surface area contributed by atoms with Gasteiger partial charge in [0.2, 0.25) is 0 Å². The highest BCUT2D eigenvalue weighted by molar-refractivity contribution is 6.42. The summed E-state index contributed by atoms with van der Waals surface area (Å²) in [6.45, 7) is 1.12. The van der Waals surface area contributed by atoms with Crippen molar-refractivity contribution in [2.75, 3.05) is 0 Å². The topological polar surface area (TPSA) is 74.6 Å². The standard InChI is InChI=1S/C5H5ClO4/c1-2(4(7)8)3(6)5(9)10/h1H3,(H,7,8)(H,9,10)/b3-2-. The van der Waals surface area contributed by atoms with Gasteiger partial charge >= 0.3 is 11.9 Å². The van der Waals surface area contributed by atoms with Gasteiger partial charge in [0.25, 0.3) is 0 Å². The zero-order valence-corrected chi connectivity index (χ0v) is 5.84. The molecule has 0 aliphatic heterocycles. The van der Waals surface area contributed by atoms with Gasteiger partial charge in [0.05, 0.1) is 5.57 Å². The summed E-state index contributed by atoms with van der Waals surface area (Å²) < 4.78 is 0. The largest absolute Gasteiger partial charge is 0.478 e. The van der Waals surface area contributed by atoms with E-state index in [2.05, 4.69) is 0 Å². The maximum Gasteiger partial charge on any atom is 0.347 e. The van der Waals surface area contributed by atoms with Crippen molar-refractivity contribution in [1.29, 1.82) is 0 Å². The van der Waals surface area contributed by atoms with Gasteiger partial charge in [0, 0.05) is 0 Å². The molecule has 0 saturated carbocycles. The van der Waals surface area contributed by atoms with E-state index in [4.69, 9.17) is 21.8 Å². The number of carboxylic acid groups (broad SMARTS) is 2. The van der Waals surface area contributed by atoms with Gasteiger partial charge in [-0.15, -0.1) is 0 Å². The minimum atomic E-state index is -1.43. The predicted octanol–water partition coefficient (Wildman–Crippen LogP) is 0.668. The molecule has 0 fully saturated rings. The number of halogens is 1. The Labute approximate surface area is 61.7 Å². The molecular weight excluding hydrogens is 160 g/mol. The molecule has 5 heteroatoms. The molecule has 0 aromatic heterocycles. The third-order valence-electron chi connectivity index (χ3n) is 0.838. The van der Waals surface area contributed by atoms with Crippen LogP contribution in [0, 0.1) is 0 Å². The second-order valence-electron chi connectivity index (χ2n) is 1.55. The first-order valence-electron chi connectivity index (χ1n) is 2.29. The fraction of sp³-hybridized carbons (Fsp3) is 0.200. The van der Waals surface area contributed by atoms with E-state index in [1.165, 1.54) is 0 Å². The fourth-order valence-electron chi connectivity index (χ4n) is 0.254. The molecule has 0 aliphatic rings. The van der Waals surface area contributed by atoms with Gasteiger partial charge in [-0.25, -0.2) is 9.59 Å². The summed E-state index contributed by atoms with van der Waals surface area (Å²) in [6.07, 6.45) is 0. The Bertz CT molecular complexity index is 184. The Balaban J connectivity index is 4.67. The lowest BCUT2D eigenvalue weighted by Crippen LogP contribution is -2.04. The molecule has 0 radical (unpaired) electrons. The van der Waals surface area contributed by atoms with Gasteiger partial charge in [-0.05, 0) is 6.92 Å². The van der Waals surface area contributed by atoms with Crippen LogP contribution in [0.1, 0.15) is 6.92 Å². The fourth-order valence-corrected chi connectivity index (χ4v) is 0.335. The second-order valence-corrected chi connectivity index (χ2v) is 1.93. The number of hydrogen-bond acceptors (Lipinski definition) is 2. The molecule has 0 aliphatic carbocycles. The van der Waals surface area contributed by atoms with E-state index in [1.54, 1.807) is 0 Å². The van der Waals surface area contributed by atoms with Crippen molar-refractivity contribution in [3.05, 3.63) is 10.6 Å². The SMILES string of the molecule is C/C(C(=O)O)=C(/Cl)C(=O)O. The molecule has 0 saturated heterocycles. The van der Waals surface area contributed by atoms with Gasteiger partial charge in [0.15, 0.2) is 0 Å². The first-order valence-corrected chi connectivity index (χ1v) is 2.67. The summed E-state index contributed by atoms with van der Waals surface area (Å²) in [7, 11) is 0. The van der Waals surface area contributed by atoms with Crippen LogP contribution in [0.25, 0.3) is 0 Å². The molecule has 0 aromatic carbocycles. The monoisotopic (exact) mass is 164 g/mol. The molecule has 0 bridgehead atoms. The number of carbonyl (C=O) groups is 2. The molecule has 0 rings (SSSR count). The Morgan fingerprint density at radius 3 is 1.70 bits per heavy atom. The Morgan fingerprint density at radius 1 is 1.20 bits per heavy atom.